The Morgan fingerprint density at radius 2 is 1.93 bits per heavy atom. The number of nitrogens with one attached hydrogen (secondary N) is 1. The van der Waals surface area contributed by atoms with Gasteiger partial charge in [0.05, 0.1) is 22.5 Å². The molecule has 3 aliphatic rings. The van der Waals surface area contributed by atoms with Crippen molar-refractivity contribution >= 4 is 16.7 Å². The molecule has 0 spiro atoms. The molecule has 150 valence electrons. The number of halogens is 3. The van der Waals surface area contributed by atoms with Crippen LogP contribution in [0.5, 0.6) is 0 Å². The van der Waals surface area contributed by atoms with Gasteiger partial charge in [-0.3, -0.25) is 4.79 Å². The van der Waals surface area contributed by atoms with Gasteiger partial charge in [-0.15, -0.1) is 0 Å². The molecule has 0 saturated heterocycles. The van der Waals surface area contributed by atoms with Crippen molar-refractivity contribution < 1.29 is 13.2 Å². The first-order valence-electron chi connectivity index (χ1n) is 9.59. The first kappa shape index (κ1) is 18.1. The van der Waals surface area contributed by atoms with Crippen LogP contribution in [0.15, 0.2) is 41.6 Å². The molecule has 2 bridgehead atoms. The van der Waals surface area contributed by atoms with Gasteiger partial charge in [-0.1, -0.05) is 18.2 Å². The van der Waals surface area contributed by atoms with Crippen LogP contribution in [-0.2, 0) is 5.54 Å². The minimum atomic E-state index is -2.88. The lowest BCUT2D eigenvalue weighted by Crippen LogP contribution is -2.61. The van der Waals surface area contributed by atoms with E-state index in [0.717, 1.165) is 25.3 Å². The van der Waals surface area contributed by atoms with Crippen LogP contribution in [0.2, 0.25) is 0 Å². The molecule has 1 N–H and O–H groups in total. The highest BCUT2D eigenvalue weighted by atomic mass is 19.3. The van der Waals surface area contributed by atoms with Crippen molar-refractivity contribution in [3.63, 3.8) is 0 Å². The number of nitrogens with zero attached hydrogens (tertiary/aromatic N) is 3. The molecular weight excluding hydrogens is 381 g/mol. The average Bonchev–Trinajstić information content (AvgIpc) is 2.60. The lowest BCUT2D eigenvalue weighted by atomic mass is 9.49. The third kappa shape index (κ3) is 2.73. The van der Waals surface area contributed by atoms with Crippen LogP contribution >= 0.6 is 0 Å². The summed E-state index contributed by atoms with van der Waals surface area (Å²) in [5.74, 6) is 0.226. The number of anilines is 1. The van der Waals surface area contributed by atoms with Gasteiger partial charge in [-0.05, 0) is 32.1 Å². The third-order valence-corrected chi connectivity index (χ3v) is 6.30. The highest BCUT2D eigenvalue weighted by molar-refractivity contribution is 5.88. The minimum Gasteiger partial charge on any atom is -0.363 e. The Kier molecular flexibility index (Phi) is 3.94. The molecule has 0 radical (unpaired) electrons. The van der Waals surface area contributed by atoms with Gasteiger partial charge in [0.15, 0.2) is 0 Å². The quantitative estimate of drug-likeness (QED) is 0.683. The Labute approximate surface area is 164 Å². The van der Waals surface area contributed by atoms with Crippen molar-refractivity contribution in [2.24, 2.45) is 5.92 Å². The van der Waals surface area contributed by atoms with Crippen molar-refractivity contribution in [1.82, 2.24) is 14.5 Å². The van der Waals surface area contributed by atoms with Crippen molar-refractivity contribution in [3.8, 4) is 0 Å². The summed E-state index contributed by atoms with van der Waals surface area (Å²) in [6.45, 7) is 1.68. The van der Waals surface area contributed by atoms with E-state index in [1.54, 1.807) is 17.7 Å². The van der Waals surface area contributed by atoms with Crippen LogP contribution in [0.1, 0.15) is 49.8 Å². The zero-order valence-corrected chi connectivity index (χ0v) is 15.7. The maximum atomic E-state index is 14.5. The summed E-state index contributed by atoms with van der Waals surface area (Å²) < 4.78 is 42.4. The zero-order chi connectivity index (χ0) is 20.3. The number of alkyl halides is 2. The summed E-state index contributed by atoms with van der Waals surface area (Å²) in [5, 5.41) is 3.75. The van der Waals surface area contributed by atoms with Crippen molar-refractivity contribution in [2.75, 3.05) is 5.32 Å². The first-order valence-corrected chi connectivity index (χ1v) is 9.59. The molecule has 1 aromatic carbocycles. The van der Waals surface area contributed by atoms with Crippen LogP contribution < -0.4 is 10.9 Å². The van der Waals surface area contributed by atoms with Crippen LogP contribution in [0.25, 0.3) is 10.9 Å². The van der Waals surface area contributed by atoms with Gasteiger partial charge < -0.3 is 9.88 Å². The number of rotatable bonds is 5. The van der Waals surface area contributed by atoms with E-state index in [9.17, 15) is 18.0 Å². The molecule has 3 aliphatic carbocycles. The number of pyridine rings is 1. The molecular formula is C21H19F3N4O. The molecule has 29 heavy (non-hydrogen) atoms. The van der Waals surface area contributed by atoms with E-state index < -0.39 is 23.8 Å². The predicted octanol–water partition coefficient (Wildman–Crippen LogP) is 4.55. The van der Waals surface area contributed by atoms with Crippen LogP contribution in [0.3, 0.4) is 0 Å². The molecule has 2 heterocycles. The summed E-state index contributed by atoms with van der Waals surface area (Å²) in [5.41, 5.74) is -0.191. The van der Waals surface area contributed by atoms with Gasteiger partial charge in [0.2, 0.25) is 0 Å². The standard InChI is InChI=1S/C21H19F3N4O/c1-11(13-3-2-4-14(18(13)22)19(23)24)27-20-15-9-28(21-6-12(7-21)8-21)17(29)5-16(15)25-10-26-20/h2-5,9-12,19H,6-8H2,1H3,(H,25,26,27)/t11-,12?,21?/m1/s1. The molecule has 0 unspecified atom stereocenters. The molecule has 3 saturated carbocycles. The van der Waals surface area contributed by atoms with E-state index in [4.69, 9.17) is 0 Å². The fraction of sp³-hybridized carbons (Fsp3) is 0.381. The SMILES string of the molecule is C[C@@H](Nc1ncnc2cc(=O)n(C34CC(C3)C4)cc12)c1cccc(C(F)F)c1F. The molecule has 3 aromatic rings. The lowest BCUT2D eigenvalue weighted by molar-refractivity contribution is -0.0911. The van der Waals surface area contributed by atoms with E-state index in [1.165, 1.54) is 24.5 Å². The van der Waals surface area contributed by atoms with Gasteiger partial charge in [0.25, 0.3) is 12.0 Å². The van der Waals surface area contributed by atoms with Gasteiger partial charge in [0.1, 0.15) is 18.0 Å². The summed E-state index contributed by atoms with van der Waals surface area (Å²) in [4.78, 5) is 21.0. The zero-order valence-electron chi connectivity index (χ0n) is 15.7. The van der Waals surface area contributed by atoms with Gasteiger partial charge >= 0.3 is 0 Å². The minimum absolute atomic E-state index is 0.0909. The average molecular weight is 400 g/mol. The van der Waals surface area contributed by atoms with Gasteiger partial charge in [0, 0.05) is 23.4 Å². The Balaban J connectivity index is 1.53. The van der Waals surface area contributed by atoms with E-state index >= 15 is 0 Å². The van der Waals surface area contributed by atoms with Crippen molar-refractivity contribution in [3.05, 3.63) is 64.1 Å². The highest BCUT2D eigenvalue weighted by Gasteiger charge is 2.58. The highest BCUT2D eigenvalue weighted by Crippen LogP contribution is 2.61. The largest absolute Gasteiger partial charge is 0.363 e. The summed E-state index contributed by atoms with van der Waals surface area (Å²) in [6.07, 6.45) is 3.25. The lowest BCUT2D eigenvalue weighted by Gasteiger charge is -2.62. The van der Waals surface area contributed by atoms with Crippen molar-refractivity contribution in [1.29, 1.82) is 0 Å². The maximum Gasteiger partial charge on any atom is 0.266 e. The molecule has 0 aliphatic heterocycles. The fourth-order valence-corrected chi connectivity index (χ4v) is 4.60. The molecule has 5 nitrogen and oxygen atoms in total. The molecule has 8 heteroatoms. The molecule has 0 amide bonds. The van der Waals surface area contributed by atoms with E-state index in [-0.39, 0.29) is 16.7 Å². The monoisotopic (exact) mass is 400 g/mol. The number of fused-ring (bicyclic) bond motifs is 1. The summed E-state index contributed by atoms with van der Waals surface area (Å²) in [7, 11) is 0. The second-order valence-electron chi connectivity index (χ2n) is 8.12. The Bertz CT molecular complexity index is 1160. The van der Waals surface area contributed by atoms with Crippen LogP contribution in [0.4, 0.5) is 19.0 Å². The summed E-state index contributed by atoms with van der Waals surface area (Å²) in [6, 6.07) is 4.85. The maximum absolute atomic E-state index is 14.5. The molecule has 6 rings (SSSR count). The smallest absolute Gasteiger partial charge is 0.266 e. The van der Waals surface area contributed by atoms with E-state index in [1.807, 2.05) is 0 Å². The number of aromatic nitrogens is 3. The van der Waals surface area contributed by atoms with E-state index in [2.05, 4.69) is 15.3 Å². The fourth-order valence-electron chi connectivity index (χ4n) is 4.60. The van der Waals surface area contributed by atoms with Gasteiger partial charge in [-0.25, -0.2) is 23.1 Å². The van der Waals surface area contributed by atoms with E-state index in [0.29, 0.717) is 22.6 Å². The normalized spacial score (nSPS) is 23.6. The second-order valence-corrected chi connectivity index (χ2v) is 8.12. The number of hydrogen-bond donors (Lipinski definition) is 1. The topological polar surface area (TPSA) is 59.8 Å². The Morgan fingerprint density at radius 1 is 1.21 bits per heavy atom. The summed E-state index contributed by atoms with van der Waals surface area (Å²) >= 11 is 0. The Morgan fingerprint density at radius 3 is 2.59 bits per heavy atom. The third-order valence-electron chi connectivity index (χ3n) is 6.30. The predicted molar refractivity (Wildman–Crippen MR) is 103 cm³/mol. The van der Waals surface area contributed by atoms with Crippen LogP contribution in [-0.4, -0.2) is 14.5 Å². The van der Waals surface area contributed by atoms with Crippen LogP contribution in [0, 0.1) is 11.7 Å². The number of hydrogen-bond acceptors (Lipinski definition) is 4. The molecule has 3 fully saturated rings. The Hall–Kier alpha value is -2.90. The van der Waals surface area contributed by atoms with Gasteiger partial charge in [-0.2, -0.15) is 0 Å². The first-order chi connectivity index (χ1) is 13.9. The second kappa shape index (κ2) is 6.30. The molecule has 1 atom stereocenters. The number of benzene rings is 1. The molecule has 2 aromatic heterocycles. The van der Waals surface area contributed by atoms with Crippen molar-refractivity contribution in [2.45, 2.75) is 44.2 Å².